The third-order valence-electron chi connectivity index (χ3n) is 7.15. The van der Waals surface area contributed by atoms with Crippen LogP contribution in [0.2, 0.25) is 0 Å². The highest BCUT2D eigenvalue weighted by molar-refractivity contribution is 5.96. The van der Waals surface area contributed by atoms with Crippen molar-refractivity contribution in [1.82, 2.24) is 24.8 Å². The quantitative estimate of drug-likeness (QED) is 0.566. The van der Waals surface area contributed by atoms with Crippen LogP contribution in [0.1, 0.15) is 55.9 Å². The highest BCUT2D eigenvalue weighted by Gasteiger charge is 2.25. The van der Waals surface area contributed by atoms with E-state index < -0.39 is 0 Å². The third kappa shape index (κ3) is 4.80. The number of hydrogen-bond donors (Lipinski definition) is 2. The van der Waals surface area contributed by atoms with Gasteiger partial charge in [-0.2, -0.15) is 4.98 Å². The van der Waals surface area contributed by atoms with Crippen LogP contribution in [-0.2, 0) is 0 Å². The lowest BCUT2D eigenvalue weighted by Gasteiger charge is -2.37. The Hall–Kier alpha value is -3.46. The molecule has 1 amide bonds. The van der Waals surface area contributed by atoms with E-state index in [9.17, 15) is 9.59 Å². The average Bonchev–Trinajstić information content (AvgIpc) is 3.37. The summed E-state index contributed by atoms with van der Waals surface area (Å²) >= 11 is 0. The molecule has 0 radical (unpaired) electrons. The number of carbonyl (C=O) groups is 1. The van der Waals surface area contributed by atoms with E-state index in [2.05, 4.69) is 46.5 Å². The number of anilines is 3. The first-order valence-electron chi connectivity index (χ1n) is 12.8. The van der Waals surface area contributed by atoms with Gasteiger partial charge in [0.2, 0.25) is 5.95 Å². The summed E-state index contributed by atoms with van der Waals surface area (Å²) in [7, 11) is 3.31. The fourth-order valence-corrected chi connectivity index (χ4v) is 5.50. The molecule has 0 spiro atoms. The average molecular weight is 490 g/mol. The summed E-state index contributed by atoms with van der Waals surface area (Å²) in [5, 5.41) is 7.55. The molecule has 36 heavy (non-hydrogen) atoms. The topological polar surface area (TPSA) is 95.4 Å². The minimum Gasteiger partial charge on any atom is -0.368 e. The summed E-state index contributed by atoms with van der Waals surface area (Å²) < 4.78 is 1.72. The normalized spacial score (nSPS) is 20.6. The van der Waals surface area contributed by atoms with Gasteiger partial charge in [0, 0.05) is 68.3 Å². The largest absolute Gasteiger partial charge is 0.368 e. The predicted molar refractivity (Wildman–Crippen MR) is 143 cm³/mol. The lowest BCUT2D eigenvalue weighted by atomic mass is 10.1. The fourth-order valence-electron chi connectivity index (χ4n) is 5.50. The number of pyridine rings is 1. The van der Waals surface area contributed by atoms with Crippen LogP contribution in [0.4, 0.5) is 17.3 Å². The van der Waals surface area contributed by atoms with Gasteiger partial charge in [-0.15, -0.1) is 0 Å². The monoisotopic (exact) mass is 489 g/mol. The van der Waals surface area contributed by atoms with Gasteiger partial charge in [-0.25, -0.2) is 4.98 Å². The van der Waals surface area contributed by atoms with Crippen LogP contribution in [0.15, 0.2) is 41.3 Å². The van der Waals surface area contributed by atoms with Gasteiger partial charge in [0.05, 0.1) is 0 Å². The Morgan fingerprint density at radius 1 is 1.08 bits per heavy atom. The molecule has 3 aromatic rings. The number of benzene rings is 1. The van der Waals surface area contributed by atoms with Gasteiger partial charge in [0.25, 0.3) is 11.5 Å². The Bertz CT molecular complexity index is 1300. The minimum atomic E-state index is -0.302. The first-order chi connectivity index (χ1) is 17.3. The zero-order chi connectivity index (χ0) is 25.4. The van der Waals surface area contributed by atoms with Crippen molar-refractivity contribution in [1.29, 1.82) is 0 Å². The SMILES string of the molecule is CC1CN(c2ccc(Nc3ncc4cc(C(=O)N(C)C)c(=O)n(C5CCCC5)c4n3)cc2)CC(C)N1. The van der Waals surface area contributed by atoms with E-state index in [0.717, 1.165) is 44.5 Å². The number of piperazine rings is 1. The highest BCUT2D eigenvalue weighted by atomic mass is 16.2. The maximum Gasteiger partial charge on any atom is 0.265 e. The smallest absolute Gasteiger partial charge is 0.265 e. The van der Waals surface area contributed by atoms with Crippen LogP contribution in [0.3, 0.4) is 0 Å². The summed E-state index contributed by atoms with van der Waals surface area (Å²) in [5.74, 6) is 0.127. The van der Waals surface area contributed by atoms with Gasteiger partial charge >= 0.3 is 0 Å². The second kappa shape index (κ2) is 9.89. The van der Waals surface area contributed by atoms with Crippen molar-refractivity contribution in [2.75, 3.05) is 37.4 Å². The number of aromatic nitrogens is 3. The number of hydrogen-bond acceptors (Lipinski definition) is 7. The molecule has 3 heterocycles. The van der Waals surface area contributed by atoms with Crippen LogP contribution < -0.4 is 21.1 Å². The molecular formula is C27H35N7O2. The molecule has 1 saturated carbocycles. The summed E-state index contributed by atoms with van der Waals surface area (Å²) in [6.45, 7) is 6.37. The number of rotatable bonds is 5. The molecule has 2 aromatic heterocycles. The molecule has 1 aromatic carbocycles. The zero-order valence-electron chi connectivity index (χ0n) is 21.5. The van der Waals surface area contributed by atoms with E-state index in [1.807, 2.05) is 12.1 Å². The summed E-state index contributed by atoms with van der Waals surface area (Å²) in [6.07, 6.45) is 5.65. The van der Waals surface area contributed by atoms with E-state index in [4.69, 9.17) is 4.98 Å². The Balaban J connectivity index is 1.45. The zero-order valence-corrected chi connectivity index (χ0v) is 21.5. The molecular weight excluding hydrogens is 454 g/mol. The van der Waals surface area contributed by atoms with Crippen LogP contribution in [-0.4, -0.2) is 64.6 Å². The molecule has 5 rings (SSSR count). The summed E-state index contributed by atoms with van der Waals surface area (Å²) in [6, 6.07) is 10.8. The number of nitrogens with one attached hydrogen (secondary N) is 2. The number of fused-ring (bicyclic) bond motifs is 1. The van der Waals surface area contributed by atoms with Crippen LogP contribution in [0, 0.1) is 0 Å². The third-order valence-corrected chi connectivity index (χ3v) is 7.15. The minimum absolute atomic E-state index is 0.0424. The first-order valence-corrected chi connectivity index (χ1v) is 12.8. The molecule has 2 N–H and O–H groups in total. The van der Waals surface area contributed by atoms with Gasteiger partial charge in [-0.05, 0) is 57.0 Å². The lowest BCUT2D eigenvalue weighted by molar-refractivity contribution is 0.0825. The van der Waals surface area contributed by atoms with Crippen molar-refractivity contribution < 1.29 is 4.79 Å². The molecule has 2 aliphatic rings. The van der Waals surface area contributed by atoms with Gasteiger partial charge in [-0.3, -0.25) is 14.2 Å². The second-order valence-electron chi connectivity index (χ2n) is 10.4. The Morgan fingerprint density at radius 3 is 2.39 bits per heavy atom. The van der Waals surface area contributed by atoms with Crippen LogP contribution >= 0.6 is 0 Å². The molecule has 2 fully saturated rings. The van der Waals surface area contributed by atoms with Crippen molar-refractivity contribution in [3.63, 3.8) is 0 Å². The maximum absolute atomic E-state index is 13.4. The Labute approximate surface area is 211 Å². The molecule has 2 unspecified atom stereocenters. The molecule has 9 nitrogen and oxygen atoms in total. The molecule has 1 saturated heterocycles. The second-order valence-corrected chi connectivity index (χ2v) is 10.4. The lowest BCUT2D eigenvalue weighted by Crippen LogP contribution is -2.54. The molecule has 9 heteroatoms. The van der Waals surface area contributed by atoms with E-state index >= 15 is 0 Å². The first kappa shape index (κ1) is 24.2. The van der Waals surface area contributed by atoms with Crippen molar-refractivity contribution in [2.24, 2.45) is 0 Å². The number of carbonyl (C=O) groups excluding carboxylic acids is 1. The van der Waals surface area contributed by atoms with Crippen molar-refractivity contribution in [2.45, 2.75) is 57.7 Å². The van der Waals surface area contributed by atoms with Gasteiger partial charge in [0.1, 0.15) is 11.2 Å². The molecule has 1 aliphatic carbocycles. The Kier molecular flexibility index (Phi) is 6.66. The Morgan fingerprint density at radius 2 is 1.75 bits per heavy atom. The number of amides is 1. The standard InChI is InChI=1S/C27H35N7O2/c1-17-15-33(16-18(2)29-17)21-11-9-20(10-12-21)30-27-28-14-19-13-23(25(35)32(3)4)26(36)34(24(19)31-27)22-7-5-6-8-22/h9-14,17-18,22,29H,5-8,15-16H2,1-4H3,(H,28,30,31). The predicted octanol–water partition coefficient (Wildman–Crippen LogP) is 3.54. The molecule has 190 valence electrons. The molecule has 0 bridgehead atoms. The molecule has 2 atom stereocenters. The fraction of sp³-hybridized carbons (Fsp3) is 0.481. The van der Waals surface area contributed by atoms with Crippen LogP contribution in [0.5, 0.6) is 0 Å². The van der Waals surface area contributed by atoms with Gasteiger partial charge in [0.15, 0.2) is 0 Å². The summed E-state index contributed by atoms with van der Waals surface area (Å²) in [5.41, 5.74) is 2.52. The van der Waals surface area contributed by atoms with Crippen LogP contribution in [0.25, 0.3) is 11.0 Å². The van der Waals surface area contributed by atoms with E-state index in [-0.39, 0.29) is 23.1 Å². The van der Waals surface area contributed by atoms with E-state index in [1.165, 1.54) is 10.6 Å². The highest BCUT2D eigenvalue weighted by Crippen LogP contribution is 2.31. The van der Waals surface area contributed by atoms with Crippen molar-refractivity contribution in [3.8, 4) is 0 Å². The number of nitrogens with zero attached hydrogens (tertiary/aromatic N) is 5. The molecule has 1 aliphatic heterocycles. The van der Waals surface area contributed by atoms with E-state index in [0.29, 0.717) is 29.1 Å². The summed E-state index contributed by atoms with van der Waals surface area (Å²) in [4.78, 5) is 39.2. The maximum atomic E-state index is 13.4. The van der Waals surface area contributed by atoms with Gasteiger partial charge < -0.3 is 20.4 Å². The van der Waals surface area contributed by atoms with Crippen molar-refractivity contribution >= 4 is 34.3 Å². The van der Waals surface area contributed by atoms with E-state index in [1.54, 1.807) is 30.9 Å². The van der Waals surface area contributed by atoms with Crippen molar-refractivity contribution in [3.05, 3.63) is 52.4 Å². The van der Waals surface area contributed by atoms with Gasteiger partial charge in [-0.1, -0.05) is 12.8 Å².